The smallest absolute Gasteiger partial charge is 0.237 e. The number of halogens is 2. The molecular weight excluding hydrogens is 309 g/mol. The lowest BCUT2D eigenvalue weighted by atomic mass is 10.2. The lowest BCUT2D eigenvalue weighted by Crippen LogP contribution is -2.20. The summed E-state index contributed by atoms with van der Waals surface area (Å²) in [6.45, 7) is 1.73. The third-order valence-corrected chi connectivity index (χ3v) is 2.80. The van der Waals surface area contributed by atoms with Gasteiger partial charge in [-0.05, 0) is 13.0 Å². The Balaban J connectivity index is 3.06. The molecule has 6 heteroatoms. The molecule has 0 aliphatic heterocycles. The van der Waals surface area contributed by atoms with Crippen molar-refractivity contribution in [2.45, 2.75) is 11.8 Å². The summed E-state index contributed by atoms with van der Waals surface area (Å²) in [6, 6.07) is 3.21. The molecule has 94 valence electrons. The topological polar surface area (TPSA) is 47.6 Å². The van der Waals surface area contributed by atoms with Crippen LogP contribution >= 0.6 is 27.5 Å². The van der Waals surface area contributed by atoms with Gasteiger partial charge < -0.3 is 14.8 Å². The zero-order chi connectivity index (χ0) is 13.0. The quantitative estimate of drug-likeness (QED) is 0.867. The molecule has 1 aromatic rings. The highest BCUT2D eigenvalue weighted by molar-refractivity contribution is 9.10. The predicted molar refractivity (Wildman–Crippen MR) is 71.6 cm³/mol. The van der Waals surface area contributed by atoms with Gasteiger partial charge in [0.1, 0.15) is 11.5 Å². The monoisotopic (exact) mass is 321 g/mol. The first-order valence-corrected chi connectivity index (χ1v) is 6.15. The Hall–Kier alpha value is -0.940. The van der Waals surface area contributed by atoms with Crippen molar-refractivity contribution in [2.75, 3.05) is 19.5 Å². The molecule has 0 unspecified atom stereocenters. The lowest BCUT2D eigenvalue weighted by Gasteiger charge is -2.13. The fraction of sp³-hybridized carbons (Fsp3) is 0.364. The van der Waals surface area contributed by atoms with Crippen LogP contribution in [0.5, 0.6) is 11.5 Å². The molecule has 1 rings (SSSR count). The standard InChI is InChI=1S/C11H13BrClNO3/c1-6(12)11(15)14-8-4-7(13)9(16-2)5-10(8)17-3/h4-6H,1-3H3,(H,14,15)/t6-/m1/s1. The number of amides is 1. The van der Waals surface area contributed by atoms with Crippen molar-refractivity contribution in [1.82, 2.24) is 0 Å². The number of hydrogen-bond donors (Lipinski definition) is 1. The Morgan fingerprint density at radius 3 is 2.41 bits per heavy atom. The largest absolute Gasteiger partial charge is 0.495 e. The molecular formula is C11H13BrClNO3. The summed E-state index contributed by atoms with van der Waals surface area (Å²) >= 11 is 9.16. The number of alkyl halides is 1. The third-order valence-electron chi connectivity index (χ3n) is 2.09. The molecule has 1 aromatic carbocycles. The van der Waals surface area contributed by atoms with Crippen LogP contribution in [0.1, 0.15) is 6.92 Å². The molecule has 0 spiro atoms. The van der Waals surface area contributed by atoms with Gasteiger partial charge in [0.05, 0.1) is 29.8 Å². The molecule has 0 radical (unpaired) electrons. The molecule has 4 nitrogen and oxygen atoms in total. The minimum Gasteiger partial charge on any atom is -0.495 e. The van der Waals surface area contributed by atoms with Crippen molar-refractivity contribution >= 4 is 39.1 Å². The number of rotatable bonds is 4. The van der Waals surface area contributed by atoms with Crippen LogP contribution in [-0.2, 0) is 4.79 Å². The summed E-state index contributed by atoms with van der Waals surface area (Å²) < 4.78 is 10.2. The zero-order valence-electron chi connectivity index (χ0n) is 9.71. The van der Waals surface area contributed by atoms with Crippen LogP contribution in [-0.4, -0.2) is 25.0 Å². The van der Waals surface area contributed by atoms with Crippen LogP contribution in [0.25, 0.3) is 0 Å². The van der Waals surface area contributed by atoms with E-state index in [1.165, 1.54) is 14.2 Å². The molecule has 1 N–H and O–H groups in total. The second-order valence-electron chi connectivity index (χ2n) is 3.29. The molecule has 0 aliphatic rings. The highest BCUT2D eigenvalue weighted by Crippen LogP contribution is 2.35. The number of anilines is 1. The highest BCUT2D eigenvalue weighted by Gasteiger charge is 2.14. The van der Waals surface area contributed by atoms with Gasteiger partial charge in [0, 0.05) is 6.07 Å². The highest BCUT2D eigenvalue weighted by atomic mass is 79.9. The summed E-state index contributed by atoms with van der Waals surface area (Å²) in [5.41, 5.74) is 0.509. The van der Waals surface area contributed by atoms with E-state index in [4.69, 9.17) is 21.1 Å². The van der Waals surface area contributed by atoms with Gasteiger partial charge in [0.25, 0.3) is 0 Å². The number of methoxy groups -OCH3 is 2. The molecule has 0 aliphatic carbocycles. The van der Waals surface area contributed by atoms with Gasteiger partial charge in [-0.2, -0.15) is 0 Å². The van der Waals surface area contributed by atoms with Gasteiger partial charge in [0.2, 0.25) is 5.91 Å². The van der Waals surface area contributed by atoms with Crippen molar-refractivity contribution in [2.24, 2.45) is 0 Å². The molecule has 17 heavy (non-hydrogen) atoms. The van der Waals surface area contributed by atoms with Gasteiger partial charge in [0.15, 0.2) is 0 Å². The number of benzene rings is 1. The van der Waals surface area contributed by atoms with Crippen molar-refractivity contribution in [1.29, 1.82) is 0 Å². The Labute approximate surface area is 113 Å². The fourth-order valence-corrected chi connectivity index (χ4v) is 1.55. The van der Waals surface area contributed by atoms with Crippen molar-refractivity contribution in [3.63, 3.8) is 0 Å². The van der Waals surface area contributed by atoms with Gasteiger partial charge in [-0.3, -0.25) is 4.79 Å². The van der Waals surface area contributed by atoms with Crippen LogP contribution < -0.4 is 14.8 Å². The van der Waals surface area contributed by atoms with E-state index in [9.17, 15) is 4.79 Å². The maximum absolute atomic E-state index is 11.6. The van der Waals surface area contributed by atoms with Gasteiger partial charge >= 0.3 is 0 Å². The summed E-state index contributed by atoms with van der Waals surface area (Å²) in [5, 5.41) is 3.11. The van der Waals surface area contributed by atoms with E-state index < -0.39 is 0 Å². The van der Waals surface area contributed by atoms with E-state index in [1.807, 2.05) is 0 Å². The first-order chi connectivity index (χ1) is 7.99. The normalized spacial score (nSPS) is 11.8. The van der Waals surface area contributed by atoms with Crippen LogP contribution in [0.4, 0.5) is 5.69 Å². The number of carbonyl (C=O) groups excluding carboxylic acids is 1. The summed E-state index contributed by atoms with van der Waals surface area (Å²) in [7, 11) is 3.02. The van der Waals surface area contributed by atoms with Crippen molar-refractivity contribution in [3.05, 3.63) is 17.2 Å². The third kappa shape index (κ3) is 3.51. The molecule has 0 saturated carbocycles. The summed E-state index contributed by atoms with van der Waals surface area (Å²) in [5.74, 6) is 0.811. The van der Waals surface area contributed by atoms with Gasteiger partial charge in [-0.15, -0.1) is 0 Å². The Morgan fingerprint density at radius 1 is 1.35 bits per heavy atom. The minimum atomic E-state index is -0.298. The first-order valence-electron chi connectivity index (χ1n) is 4.86. The fourth-order valence-electron chi connectivity index (χ4n) is 1.19. The maximum atomic E-state index is 11.6. The number of carbonyl (C=O) groups is 1. The average molecular weight is 323 g/mol. The summed E-state index contributed by atoms with van der Waals surface area (Å²) in [4.78, 5) is 11.3. The van der Waals surface area contributed by atoms with E-state index in [2.05, 4.69) is 21.2 Å². The maximum Gasteiger partial charge on any atom is 0.237 e. The minimum absolute atomic E-state index is 0.176. The van der Waals surface area contributed by atoms with Crippen LogP contribution in [0.15, 0.2) is 12.1 Å². The number of hydrogen-bond acceptors (Lipinski definition) is 3. The van der Waals surface area contributed by atoms with Crippen molar-refractivity contribution in [3.8, 4) is 11.5 Å². The Kier molecular flexibility index (Phi) is 5.08. The van der Waals surface area contributed by atoms with E-state index >= 15 is 0 Å². The SMILES string of the molecule is COc1cc(OC)c(NC(=O)[C@@H](C)Br)cc1Cl. The van der Waals surface area contributed by atoms with Gasteiger partial charge in [-0.1, -0.05) is 27.5 Å². The van der Waals surface area contributed by atoms with Crippen LogP contribution in [0.3, 0.4) is 0 Å². The Morgan fingerprint density at radius 2 is 1.94 bits per heavy atom. The molecule has 0 aromatic heterocycles. The van der Waals surface area contributed by atoms with Crippen molar-refractivity contribution < 1.29 is 14.3 Å². The first kappa shape index (κ1) is 14.1. The molecule has 0 bridgehead atoms. The molecule has 1 amide bonds. The number of nitrogens with one attached hydrogen (secondary N) is 1. The molecule has 0 fully saturated rings. The second kappa shape index (κ2) is 6.12. The second-order valence-corrected chi connectivity index (χ2v) is 5.07. The predicted octanol–water partition coefficient (Wildman–Crippen LogP) is 3.08. The van der Waals surface area contributed by atoms with E-state index in [-0.39, 0.29) is 10.7 Å². The van der Waals surface area contributed by atoms with E-state index in [0.29, 0.717) is 22.2 Å². The lowest BCUT2D eigenvalue weighted by molar-refractivity contribution is -0.115. The van der Waals surface area contributed by atoms with E-state index in [1.54, 1.807) is 19.1 Å². The molecule has 0 saturated heterocycles. The molecule has 0 heterocycles. The van der Waals surface area contributed by atoms with E-state index in [0.717, 1.165) is 0 Å². The zero-order valence-corrected chi connectivity index (χ0v) is 12.1. The average Bonchev–Trinajstić information content (AvgIpc) is 2.29. The molecule has 1 atom stereocenters. The number of ether oxygens (including phenoxy) is 2. The van der Waals surface area contributed by atoms with Crippen LogP contribution in [0.2, 0.25) is 5.02 Å². The summed E-state index contributed by atoms with van der Waals surface area (Å²) in [6.07, 6.45) is 0. The van der Waals surface area contributed by atoms with Gasteiger partial charge in [-0.25, -0.2) is 0 Å². The van der Waals surface area contributed by atoms with Crippen LogP contribution in [0, 0.1) is 0 Å². The Bertz CT molecular complexity index is 423.